The lowest BCUT2D eigenvalue weighted by Gasteiger charge is -1.99. The molecule has 76 valence electrons. The Bertz CT molecular complexity index is 303. The predicted molar refractivity (Wildman–Crippen MR) is 51.0 cm³/mol. The maximum atomic E-state index is 11.3. The molecule has 0 radical (unpaired) electrons. The molecule has 0 aliphatic rings. The highest BCUT2D eigenvalue weighted by molar-refractivity contribution is 5.93. The molecule has 14 heavy (non-hydrogen) atoms. The van der Waals surface area contributed by atoms with Crippen LogP contribution in [0, 0.1) is 0 Å². The Hall–Kier alpha value is -1.58. The molecule has 0 spiro atoms. The average molecular weight is 195 g/mol. The van der Waals surface area contributed by atoms with Crippen LogP contribution in [0.25, 0.3) is 0 Å². The van der Waals surface area contributed by atoms with E-state index in [4.69, 9.17) is 4.42 Å². The summed E-state index contributed by atoms with van der Waals surface area (Å²) >= 11 is 0. The molecule has 0 saturated heterocycles. The van der Waals surface area contributed by atoms with E-state index >= 15 is 0 Å². The number of amides is 1. The minimum absolute atomic E-state index is 0.0275. The van der Waals surface area contributed by atoms with Crippen LogP contribution in [0.5, 0.6) is 0 Å². The van der Waals surface area contributed by atoms with Crippen molar-refractivity contribution in [2.75, 3.05) is 6.54 Å². The van der Waals surface area contributed by atoms with Gasteiger partial charge in [-0.3, -0.25) is 9.59 Å². The summed E-state index contributed by atoms with van der Waals surface area (Å²) in [7, 11) is 0. The Balaban J connectivity index is 2.19. The number of furan rings is 1. The van der Waals surface area contributed by atoms with E-state index in [1.165, 1.54) is 13.2 Å². The fourth-order valence-corrected chi connectivity index (χ4v) is 1.07. The van der Waals surface area contributed by atoms with Crippen LogP contribution in [0.2, 0.25) is 0 Å². The number of ketones is 1. The second-order valence-electron chi connectivity index (χ2n) is 2.99. The van der Waals surface area contributed by atoms with Crippen molar-refractivity contribution >= 4 is 11.7 Å². The first kappa shape index (κ1) is 10.5. The minimum atomic E-state index is -0.0737. The van der Waals surface area contributed by atoms with E-state index in [-0.39, 0.29) is 11.7 Å². The molecular weight excluding hydrogens is 182 g/mol. The second-order valence-corrected chi connectivity index (χ2v) is 2.99. The van der Waals surface area contributed by atoms with E-state index in [0.29, 0.717) is 25.1 Å². The molecule has 0 aliphatic heterocycles. The molecule has 4 nitrogen and oxygen atoms in total. The number of rotatable bonds is 5. The van der Waals surface area contributed by atoms with E-state index in [9.17, 15) is 9.59 Å². The van der Waals surface area contributed by atoms with Gasteiger partial charge in [-0.05, 0) is 18.6 Å². The molecule has 0 unspecified atom stereocenters. The lowest BCUT2D eigenvalue weighted by atomic mass is 10.2. The lowest BCUT2D eigenvalue weighted by Crippen LogP contribution is -2.21. The van der Waals surface area contributed by atoms with Crippen molar-refractivity contribution in [3.05, 3.63) is 24.2 Å². The molecular formula is C10H13NO3. The average Bonchev–Trinajstić information content (AvgIpc) is 2.64. The summed E-state index contributed by atoms with van der Waals surface area (Å²) in [6.07, 6.45) is 2.51. The van der Waals surface area contributed by atoms with Gasteiger partial charge in [-0.1, -0.05) is 0 Å². The van der Waals surface area contributed by atoms with Gasteiger partial charge in [0.05, 0.1) is 6.26 Å². The van der Waals surface area contributed by atoms with Crippen molar-refractivity contribution < 1.29 is 14.0 Å². The molecule has 0 atom stereocenters. The summed E-state index contributed by atoms with van der Waals surface area (Å²) in [6, 6.07) is 3.32. The van der Waals surface area contributed by atoms with Crippen LogP contribution in [-0.2, 0) is 4.79 Å². The summed E-state index contributed by atoms with van der Waals surface area (Å²) in [5.74, 6) is 0.281. The molecule has 0 aliphatic carbocycles. The number of carbonyl (C=O) groups excluding carboxylic acids is 2. The fraction of sp³-hybridized carbons (Fsp3) is 0.400. The maximum absolute atomic E-state index is 11.3. The first-order chi connectivity index (χ1) is 6.70. The predicted octanol–water partition coefficient (Wildman–Crippen LogP) is 1.38. The van der Waals surface area contributed by atoms with Gasteiger partial charge in [-0.2, -0.15) is 0 Å². The molecule has 0 bridgehead atoms. The van der Waals surface area contributed by atoms with Gasteiger partial charge < -0.3 is 9.73 Å². The standard InChI is InChI=1S/C10H13NO3/c1-8(12)11-6-2-4-9(13)10-5-3-7-14-10/h3,5,7H,2,4,6H2,1H3,(H,11,12). The lowest BCUT2D eigenvalue weighted by molar-refractivity contribution is -0.118. The van der Waals surface area contributed by atoms with Crippen molar-refractivity contribution in [1.82, 2.24) is 5.32 Å². The summed E-state index contributed by atoms with van der Waals surface area (Å²) in [5.41, 5.74) is 0. The van der Waals surface area contributed by atoms with E-state index in [2.05, 4.69) is 5.32 Å². The highest BCUT2D eigenvalue weighted by atomic mass is 16.3. The van der Waals surface area contributed by atoms with Crippen LogP contribution in [0.15, 0.2) is 22.8 Å². The van der Waals surface area contributed by atoms with E-state index in [0.717, 1.165) is 0 Å². The van der Waals surface area contributed by atoms with Gasteiger partial charge in [0.1, 0.15) is 0 Å². The molecule has 1 amide bonds. The molecule has 0 aromatic carbocycles. The smallest absolute Gasteiger partial charge is 0.216 e. The molecule has 0 fully saturated rings. The SMILES string of the molecule is CC(=O)NCCCC(=O)c1ccco1. The maximum Gasteiger partial charge on any atom is 0.216 e. The van der Waals surface area contributed by atoms with Crippen molar-refractivity contribution in [1.29, 1.82) is 0 Å². The number of Topliss-reactive ketones (excluding diaryl/α,β-unsaturated/α-hetero) is 1. The molecule has 4 heteroatoms. The van der Waals surface area contributed by atoms with Crippen molar-refractivity contribution in [3.8, 4) is 0 Å². The Morgan fingerprint density at radius 1 is 1.50 bits per heavy atom. The third-order valence-corrected chi connectivity index (χ3v) is 1.75. The molecule has 1 aromatic rings. The zero-order valence-electron chi connectivity index (χ0n) is 8.08. The largest absolute Gasteiger partial charge is 0.461 e. The summed E-state index contributed by atoms with van der Waals surface area (Å²) in [6.45, 7) is 1.98. The van der Waals surface area contributed by atoms with Gasteiger partial charge in [0, 0.05) is 19.9 Å². The van der Waals surface area contributed by atoms with Crippen LogP contribution in [0.4, 0.5) is 0 Å². The Morgan fingerprint density at radius 3 is 2.86 bits per heavy atom. The van der Waals surface area contributed by atoms with Crippen LogP contribution < -0.4 is 5.32 Å². The third kappa shape index (κ3) is 3.43. The van der Waals surface area contributed by atoms with Gasteiger partial charge >= 0.3 is 0 Å². The fourth-order valence-electron chi connectivity index (χ4n) is 1.07. The zero-order valence-corrected chi connectivity index (χ0v) is 8.08. The highest BCUT2D eigenvalue weighted by Gasteiger charge is 2.07. The number of hydrogen-bond donors (Lipinski definition) is 1. The van der Waals surface area contributed by atoms with Crippen molar-refractivity contribution in [3.63, 3.8) is 0 Å². The Labute approximate surface area is 82.3 Å². The van der Waals surface area contributed by atoms with Crippen molar-refractivity contribution in [2.24, 2.45) is 0 Å². The first-order valence-electron chi connectivity index (χ1n) is 4.51. The van der Waals surface area contributed by atoms with Crippen LogP contribution >= 0.6 is 0 Å². The second kappa shape index (κ2) is 5.21. The van der Waals surface area contributed by atoms with Gasteiger partial charge in [0.2, 0.25) is 5.91 Å². The summed E-state index contributed by atoms with van der Waals surface area (Å²) in [5, 5.41) is 2.62. The third-order valence-electron chi connectivity index (χ3n) is 1.75. The van der Waals surface area contributed by atoms with Gasteiger partial charge in [-0.15, -0.1) is 0 Å². The zero-order chi connectivity index (χ0) is 10.4. The molecule has 0 saturated carbocycles. The first-order valence-corrected chi connectivity index (χ1v) is 4.51. The Morgan fingerprint density at radius 2 is 2.29 bits per heavy atom. The summed E-state index contributed by atoms with van der Waals surface area (Å²) in [4.78, 5) is 21.8. The van der Waals surface area contributed by atoms with Crippen LogP contribution in [-0.4, -0.2) is 18.2 Å². The van der Waals surface area contributed by atoms with Crippen LogP contribution in [0.1, 0.15) is 30.3 Å². The molecule has 1 aromatic heterocycles. The van der Waals surface area contributed by atoms with E-state index in [1.54, 1.807) is 12.1 Å². The van der Waals surface area contributed by atoms with Gasteiger partial charge in [0.15, 0.2) is 11.5 Å². The normalized spacial score (nSPS) is 9.79. The van der Waals surface area contributed by atoms with E-state index < -0.39 is 0 Å². The molecule has 1 heterocycles. The van der Waals surface area contributed by atoms with Gasteiger partial charge in [-0.25, -0.2) is 0 Å². The van der Waals surface area contributed by atoms with Crippen LogP contribution in [0.3, 0.4) is 0 Å². The Kier molecular flexibility index (Phi) is 3.91. The van der Waals surface area contributed by atoms with Gasteiger partial charge in [0.25, 0.3) is 0 Å². The molecule has 1 rings (SSSR count). The minimum Gasteiger partial charge on any atom is -0.461 e. The summed E-state index contributed by atoms with van der Waals surface area (Å²) < 4.78 is 4.94. The van der Waals surface area contributed by atoms with E-state index in [1.807, 2.05) is 0 Å². The quantitative estimate of drug-likeness (QED) is 0.570. The number of hydrogen-bond acceptors (Lipinski definition) is 3. The highest BCUT2D eigenvalue weighted by Crippen LogP contribution is 2.05. The van der Waals surface area contributed by atoms with Crippen molar-refractivity contribution in [2.45, 2.75) is 19.8 Å². The number of carbonyl (C=O) groups is 2. The topological polar surface area (TPSA) is 59.3 Å². The monoisotopic (exact) mass is 195 g/mol. The molecule has 1 N–H and O–H groups in total. The number of nitrogens with one attached hydrogen (secondary N) is 1.